The first-order valence-corrected chi connectivity index (χ1v) is 25.1. The van der Waals surface area contributed by atoms with Gasteiger partial charge in [0.25, 0.3) is 36.9 Å². The number of rotatable bonds is 17. The minimum atomic E-state index is -6.16. The number of ether oxygens (including phenoxy) is 2. The number of aliphatic hydroxyl groups excluding tert-OH is 4. The van der Waals surface area contributed by atoms with Gasteiger partial charge in [0, 0.05) is 19.7 Å². The van der Waals surface area contributed by atoms with Gasteiger partial charge in [0.2, 0.25) is 30.2 Å². The van der Waals surface area contributed by atoms with Crippen LogP contribution in [0.3, 0.4) is 0 Å². The summed E-state index contributed by atoms with van der Waals surface area (Å²) < 4.78 is 100. The molecular formula is C22H32N7O28P6-7. The maximum atomic E-state index is 12.1. The number of nitrogens with two attached hydrogens (primary N) is 1. The smallest absolute Gasteiger partial charge is 0.344 e. The van der Waals surface area contributed by atoms with Gasteiger partial charge in [0.05, 0.1) is 34.4 Å². The van der Waals surface area contributed by atoms with Crippen molar-refractivity contribution >= 4 is 71.1 Å². The Kier molecular flexibility index (Phi) is 18.4. The molecule has 0 spiro atoms. The molecule has 8 N–H and O–H groups in total. The van der Waals surface area contributed by atoms with Gasteiger partial charge in [-0.15, -0.1) is 0 Å². The first-order valence-electron chi connectivity index (χ1n) is 16.3. The van der Waals surface area contributed by atoms with Crippen LogP contribution in [-0.4, -0.2) is 109 Å². The molecule has 1 aromatic heterocycles. The van der Waals surface area contributed by atoms with E-state index in [9.17, 15) is 96.6 Å². The van der Waals surface area contributed by atoms with Crippen molar-refractivity contribution in [3.05, 3.63) is 34.5 Å². The molecule has 4 heterocycles. The number of nitrogens with one attached hydrogen (secondary N) is 2. The summed E-state index contributed by atoms with van der Waals surface area (Å²) in [5.41, 5.74) is 4.45. The number of aryl methyl sites for hydroxylation is 1. The number of aliphatic imine (C=N–C) groups is 1. The monoisotopic (exact) mass is 1030 g/mol. The van der Waals surface area contributed by atoms with E-state index in [2.05, 4.69) is 53.5 Å². The zero-order valence-electron chi connectivity index (χ0n) is 31.2. The van der Waals surface area contributed by atoms with Crippen LogP contribution < -0.4 is 61.1 Å². The molecule has 63 heavy (non-hydrogen) atoms. The van der Waals surface area contributed by atoms with Crippen molar-refractivity contribution in [2.75, 3.05) is 18.9 Å². The zero-order valence-corrected chi connectivity index (χ0v) is 36.6. The number of hydrogen-bond donors (Lipinski definition) is 7. The van der Waals surface area contributed by atoms with Crippen LogP contribution in [0, 0.1) is 0 Å². The Morgan fingerprint density at radius 1 is 0.841 bits per heavy atom. The number of carbonyl (C=O) groups excluding carboxylic acids is 1. The van der Waals surface area contributed by atoms with Crippen LogP contribution in [0.5, 0.6) is 0 Å². The molecule has 0 bridgehead atoms. The molecule has 3 aliphatic rings. The molecule has 0 radical (unpaired) electrons. The Morgan fingerprint density at radius 2 is 1.32 bits per heavy atom. The number of aromatic nitrogens is 2. The average Bonchev–Trinajstić information content (AvgIpc) is 3.52. The van der Waals surface area contributed by atoms with E-state index in [0.717, 1.165) is 10.9 Å². The number of nitrogens with zero attached hydrogens (tertiary/aromatic N) is 4. The predicted molar refractivity (Wildman–Crippen MR) is 181 cm³/mol. The summed E-state index contributed by atoms with van der Waals surface area (Å²) in [6.07, 6.45) is -10.8. The van der Waals surface area contributed by atoms with E-state index in [0.29, 0.717) is 0 Å². The Bertz CT molecular complexity index is 2300. The van der Waals surface area contributed by atoms with Crippen LogP contribution in [0.25, 0.3) is 0 Å². The molecular weight excluding hydrogens is 996 g/mol. The molecule has 2 fully saturated rings. The highest BCUT2D eigenvalue weighted by Crippen LogP contribution is 2.61. The number of phosphoric ester groups is 2. The topological polar surface area (TPSA) is 559 Å². The number of anilines is 1. The SMILES string of the molecule is C=C1NC(NC(C)=O)=NC=[N+]1C1OC(COP(=O)([O-])OP(=O)([O-])OP(=O)([O-])[O-])C(O)C1O.CCn1cc(C2OC(COP(=O)([O-])OP(=O)([O-])OP(=O)([O-])[O-])C(O)C2O)c(=O)nc1N. The van der Waals surface area contributed by atoms with Gasteiger partial charge in [-0.1, -0.05) is 4.99 Å². The lowest BCUT2D eigenvalue weighted by Gasteiger charge is -2.37. The lowest BCUT2D eigenvalue weighted by Crippen LogP contribution is -2.48. The van der Waals surface area contributed by atoms with Crippen molar-refractivity contribution in [2.45, 2.75) is 69.3 Å². The van der Waals surface area contributed by atoms with E-state index in [4.69, 9.17) is 15.2 Å². The van der Waals surface area contributed by atoms with Gasteiger partial charge in [-0.25, -0.2) is 18.5 Å². The first-order chi connectivity index (χ1) is 28.5. The lowest BCUT2D eigenvalue weighted by atomic mass is 10.0. The number of aliphatic hydroxyl groups is 4. The van der Waals surface area contributed by atoms with Crippen molar-refractivity contribution in [2.24, 2.45) is 4.99 Å². The quantitative estimate of drug-likeness (QED) is 0.0563. The molecule has 35 nitrogen and oxygen atoms in total. The Morgan fingerprint density at radius 3 is 1.76 bits per heavy atom. The average molecular weight is 1030 g/mol. The predicted octanol–water partition coefficient (Wildman–Crippen LogP) is -9.32. The van der Waals surface area contributed by atoms with Crippen LogP contribution in [-0.2, 0) is 74.5 Å². The minimum absolute atomic E-state index is 0.000998. The second-order valence-corrected chi connectivity index (χ2v) is 20.6. The number of carbonyl (C=O) groups is 1. The molecule has 4 rings (SSSR count). The van der Waals surface area contributed by atoms with E-state index < -0.39 is 121 Å². The molecule has 0 aliphatic carbocycles. The van der Waals surface area contributed by atoms with Gasteiger partial charge in [0.1, 0.15) is 42.7 Å². The molecule has 360 valence electrons. The Labute approximate surface area is 350 Å². The number of hydrogen-bond acceptors (Lipinski definition) is 32. The van der Waals surface area contributed by atoms with E-state index in [1.807, 2.05) is 0 Å². The number of nitrogen functional groups attached to an aromatic ring is 1. The van der Waals surface area contributed by atoms with Gasteiger partial charge in [-0.05, 0) is 13.5 Å². The van der Waals surface area contributed by atoms with Crippen molar-refractivity contribution in [3.8, 4) is 0 Å². The number of guanidine groups is 1. The second-order valence-electron chi connectivity index (χ2n) is 12.1. The Hall–Kier alpha value is -2.39. The summed E-state index contributed by atoms with van der Waals surface area (Å²) in [5, 5.41) is 45.3. The van der Waals surface area contributed by atoms with Crippen LogP contribution >= 0.6 is 46.9 Å². The third-order valence-corrected chi connectivity index (χ3v) is 14.8. The highest BCUT2D eigenvalue weighted by atomic mass is 31.3. The fourth-order valence-corrected chi connectivity index (χ4v) is 10.7. The maximum Gasteiger partial charge on any atom is 0.344 e. The van der Waals surface area contributed by atoms with Gasteiger partial charge in [-0.2, -0.15) is 4.98 Å². The molecule has 2 saturated heterocycles. The van der Waals surface area contributed by atoms with Gasteiger partial charge in [0.15, 0.2) is 0 Å². The maximum absolute atomic E-state index is 12.1. The number of phosphoric acid groups is 6. The molecule has 12 unspecified atom stereocenters. The molecule has 3 aliphatic heterocycles. The summed E-state index contributed by atoms with van der Waals surface area (Å²) >= 11 is 0. The fourth-order valence-electron chi connectivity index (χ4n) is 4.98. The van der Waals surface area contributed by atoms with Gasteiger partial charge >= 0.3 is 5.96 Å². The van der Waals surface area contributed by atoms with E-state index in [-0.39, 0.29) is 29.8 Å². The standard InChI is InChI=1S/C11H19N4O14P3.C11H20N3O14P3/c1-5-13-11(14-6(2)16)12-4-15(5)10-9(18)8(17)7(27-10)3-26-31(22,23)29-32(24,25)28-30(19,20)21;1-2-14-3-5(10(17)13-11(14)12)9-8(16)7(15)6(26-9)4-25-30(21,22)28-31(23,24)27-29(18,19)20/h4,7-10,17-18H,1,3H2,2H3,(H5,13,14,16,19,20,21,22,23,24,25);3,6-9,15-16H,2,4H2,1H3,(H,21,22)(H,23,24)(H2,12,13,17)(H2,18,19,20)/p-7. The summed E-state index contributed by atoms with van der Waals surface area (Å²) in [6.45, 7) is 4.57. The van der Waals surface area contributed by atoms with Crippen molar-refractivity contribution in [1.29, 1.82) is 0 Å². The molecule has 0 saturated carbocycles. The van der Waals surface area contributed by atoms with Gasteiger partial charge < -0.3 is 97.5 Å². The third-order valence-electron chi connectivity index (χ3n) is 7.45. The van der Waals surface area contributed by atoms with E-state index >= 15 is 0 Å². The fraction of sp³-hybridized carbons (Fsp3) is 0.591. The Balaban J connectivity index is 0.000000335. The third kappa shape index (κ3) is 16.8. The summed E-state index contributed by atoms with van der Waals surface area (Å²) in [7, 11) is -36.3. The number of amides is 1. The molecule has 41 heteroatoms. The highest BCUT2D eigenvalue weighted by Gasteiger charge is 2.48. The normalized spacial score (nSPS) is 29.1. The largest absolute Gasteiger partial charge is 0.790 e. The molecule has 12 atom stereocenters. The van der Waals surface area contributed by atoms with E-state index in [1.165, 1.54) is 17.7 Å². The van der Waals surface area contributed by atoms with Crippen molar-refractivity contribution in [1.82, 2.24) is 20.2 Å². The van der Waals surface area contributed by atoms with Crippen LogP contribution in [0.4, 0.5) is 5.95 Å². The van der Waals surface area contributed by atoms with E-state index in [1.54, 1.807) is 6.92 Å². The zero-order chi connectivity index (χ0) is 48.3. The van der Waals surface area contributed by atoms with Crippen LogP contribution in [0.15, 0.2) is 28.4 Å². The van der Waals surface area contributed by atoms with Crippen LogP contribution in [0.2, 0.25) is 0 Å². The molecule has 1 amide bonds. The summed E-state index contributed by atoms with van der Waals surface area (Å²) in [5.74, 6) is -0.538. The summed E-state index contributed by atoms with van der Waals surface area (Å²) in [6, 6.07) is 0. The second kappa shape index (κ2) is 21.1. The van der Waals surface area contributed by atoms with Gasteiger partial charge in [-0.3, -0.25) is 41.8 Å². The van der Waals surface area contributed by atoms with Crippen LogP contribution in [0.1, 0.15) is 25.5 Å². The lowest BCUT2D eigenvalue weighted by molar-refractivity contribution is -0.578. The summed E-state index contributed by atoms with van der Waals surface area (Å²) in [4.78, 5) is 117. The highest BCUT2D eigenvalue weighted by molar-refractivity contribution is 7.65. The van der Waals surface area contributed by atoms with Crippen molar-refractivity contribution < 1.29 is 132 Å². The minimum Gasteiger partial charge on any atom is -0.790 e. The molecule has 1 aromatic rings. The molecule has 0 aromatic carbocycles. The first kappa shape index (κ1) is 54.9. The van der Waals surface area contributed by atoms with Crippen molar-refractivity contribution in [3.63, 3.8) is 0 Å².